The summed E-state index contributed by atoms with van der Waals surface area (Å²) in [5.41, 5.74) is 0.601. The van der Waals surface area contributed by atoms with Gasteiger partial charge in [-0.2, -0.15) is 0 Å². The van der Waals surface area contributed by atoms with Gasteiger partial charge < -0.3 is 14.6 Å². The Balaban J connectivity index is 2.86. The van der Waals surface area contributed by atoms with Crippen molar-refractivity contribution < 1.29 is 14.6 Å². The van der Waals surface area contributed by atoms with Crippen molar-refractivity contribution in [3.63, 3.8) is 0 Å². The van der Waals surface area contributed by atoms with E-state index in [-0.39, 0.29) is 6.61 Å². The zero-order valence-corrected chi connectivity index (χ0v) is 7.60. The van der Waals surface area contributed by atoms with E-state index in [0.717, 1.165) is 0 Å². The molecule has 5 nitrogen and oxygen atoms in total. The molecule has 1 aromatic rings. The molecule has 0 aromatic carbocycles. The third-order valence-corrected chi connectivity index (χ3v) is 1.54. The first-order chi connectivity index (χ1) is 6.31. The molecule has 0 aliphatic rings. The molecule has 0 saturated heterocycles. The van der Waals surface area contributed by atoms with E-state index in [1.165, 1.54) is 14.2 Å². The predicted molar refractivity (Wildman–Crippen MR) is 44.7 cm³/mol. The minimum absolute atomic E-state index is 0.187. The predicted octanol–water partition coefficient (Wildman–Crippen LogP) is 0.260. The Kier molecular flexibility index (Phi) is 3.75. The normalized spacial score (nSPS) is 10.8. The van der Waals surface area contributed by atoms with Gasteiger partial charge in [0, 0.05) is 20.4 Å². The number of aliphatic hydroxyl groups excluding tert-OH is 1. The fourth-order valence-corrected chi connectivity index (χ4v) is 0.960. The topological polar surface area (TPSA) is 64.5 Å². The van der Waals surface area contributed by atoms with Crippen molar-refractivity contribution >= 4 is 0 Å². The van der Waals surface area contributed by atoms with Gasteiger partial charge >= 0.3 is 0 Å². The maximum absolute atomic E-state index is 8.78. The zero-order valence-electron chi connectivity index (χ0n) is 7.60. The molecule has 5 heteroatoms. The first-order valence-corrected chi connectivity index (χ1v) is 3.80. The molecule has 0 saturated carbocycles. The van der Waals surface area contributed by atoms with Crippen LogP contribution in [0.5, 0.6) is 0 Å². The minimum atomic E-state index is -0.506. The summed E-state index contributed by atoms with van der Waals surface area (Å²) in [5, 5.41) is 8.78. The molecule has 0 aliphatic heterocycles. The van der Waals surface area contributed by atoms with E-state index in [2.05, 4.69) is 9.97 Å². The molecule has 13 heavy (non-hydrogen) atoms. The molecule has 1 heterocycles. The van der Waals surface area contributed by atoms with Crippen LogP contribution in [-0.2, 0) is 16.1 Å². The molecule has 0 spiro atoms. The lowest BCUT2D eigenvalue weighted by atomic mass is 10.4. The number of aromatic nitrogens is 2. The average Bonchev–Trinajstić information content (AvgIpc) is 2.20. The molecule has 0 amide bonds. The van der Waals surface area contributed by atoms with Crippen LogP contribution in [-0.4, -0.2) is 29.3 Å². The highest BCUT2D eigenvalue weighted by molar-refractivity contribution is 5.03. The summed E-state index contributed by atoms with van der Waals surface area (Å²) in [5.74, 6) is 0.358. The molecular formula is C8H12N2O3. The molecule has 0 atom stereocenters. The summed E-state index contributed by atoms with van der Waals surface area (Å²) >= 11 is 0. The highest BCUT2D eigenvalue weighted by Gasteiger charge is 2.10. The van der Waals surface area contributed by atoms with Gasteiger partial charge in [0.05, 0.1) is 0 Å². The molecule has 0 bridgehead atoms. The lowest BCUT2D eigenvalue weighted by Crippen LogP contribution is -2.08. The first-order valence-electron chi connectivity index (χ1n) is 3.80. The van der Waals surface area contributed by atoms with E-state index in [1.54, 1.807) is 12.3 Å². The van der Waals surface area contributed by atoms with Crippen LogP contribution < -0.4 is 0 Å². The number of ether oxygens (including phenoxy) is 2. The van der Waals surface area contributed by atoms with Crippen LogP contribution in [0.3, 0.4) is 0 Å². The van der Waals surface area contributed by atoms with Crippen LogP contribution in [0.2, 0.25) is 0 Å². The van der Waals surface area contributed by atoms with Crippen LogP contribution in [0.1, 0.15) is 17.8 Å². The van der Waals surface area contributed by atoms with E-state index in [4.69, 9.17) is 14.6 Å². The van der Waals surface area contributed by atoms with Crippen LogP contribution >= 0.6 is 0 Å². The Bertz CT molecular complexity index is 263. The van der Waals surface area contributed by atoms with Crippen molar-refractivity contribution in [2.75, 3.05) is 14.2 Å². The Morgan fingerprint density at radius 1 is 1.46 bits per heavy atom. The standard InChI is InChI=1S/C8H12N2O3/c1-12-8(13-2)6-3-4-9-7(5-11)10-6/h3-4,8,11H,5H2,1-2H3. The van der Waals surface area contributed by atoms with Gasteiger partial charge in [0.15, 0.2) is 5.82 Å². The van der Waals surface area contributed by atoms with Crippen LogP contribution in [0.15, 0.2) is 12.3 Å². The molecule has 1 rings (SSSR count). The van der Waals surface area contributed by atoms with Gasteiger partial charge in [0.2, 0.25) is 6.29 Å². The Morgan fingerprint density at radius 2 is 2.15 bits per heavy atom. The van der Waals surface area contributed by atoms with Crippen molar-refractivity contribution in [3.8, 4) is 0 Å². The van der Waals surface area contributed by atoms with E-state index < -0.39 is 6.29 Å². The van der Waals surface area contributed by atoms with Crippen molar-refractivity contribution in [1.29, 1.82) is 0 Å². The second-order valence-electron chi connectivity index (χ2n) is 2.36. The van der Waals surface area contributed by atoms with E-state index >= 15 is 0 Å². The molecule has 0 unspecified atom stereocenters. The van der Waals surface area contributed by atoms with Gasteiger partial charge in [-0.3, -0.25) is 0 Å². The summed E-state index contributed by atoms with van der Waals surface area (Å²) in [6, 6.07) is 1.68. The Hall–Kier alpha value is -1.04. The van der Waals surface area contributed by atoms with Crippen LogP contribution in [0.4, 0.5) is 0 Å². The van der Waals surface area contributed by atoms with Crippen molar-refractivity contribution in [2.45, 2.75) is 12.9 Å². The van der Waals surface area contributed by atoms with Gasteiger partial charge in [-0.05, 0) is 6.07 Å². The smallest absolute Gasteiger partial charge is 0.200 e. The van der Waals surface area contributed by atoms with Crippen LogP contribution in [0.25, 0.3) is 0 Å². The summed E-state index contributed by atoms with van der Waals surface area (Å²) in [7, 11) is 3.05. The van der Waals surface area contributed by atoms with Gasteiger partial charge in [-0.15, -0.1) is 0 Å². The fourth-order valence-electron chi connectivity index (χ4n) is 0.960. The average molecular weight is 184 g/mol. The monoisotopic (exact) mass is 184 g/mol. The van der Waals surface area contributed by atoms with E-state index in [1.807, 2.05) is 0 Å². The number of methoxy groups -OCH3 is 2. The second-order valence-corrected chi connectivity index (χ2v) is 2.36. The number of rotatable bonds is 4. The first kappa shape index (κ1) is 10.0. The number of hydrogen-bond acceptors (Lipinski definition) is 5. The van der Waals surface area contributed by atoms with Gasteiger partial charge in [0.1, 0.15) is 12.3 Å². The van der Waals surface area contributed by atoms with Gasteiger partial charge in [-0.25, -0.2) is 9.97 Å². The number of nitrogens with zero attached hydrogens (tertiary/aromatic N) is 2. The molecule has 0 aliphatic carbocycles. The highest BCUT2D eigenvalue weighted by atomic mass is 16.7. The van der Waals surface area contributed by atoms with Crippen LogP contribution in [0, 0.1) is 0 Å². The van der Waals surface area contributed by atoms with Crippen molar-refractivity contribution in [3.05, 3.63) is 23.8 Å². The number of aliphatic hydroxyl groups is 1. The zero-order chi connectivity index (χ0) is 9.68. The SMILES string of the molecule is COC(OC)c1ccnc(CO)n1. The van der Waals surface area contributed by atoms with Gasteiger partial charge in [0.25, 0.3) is 0 Å². The Morgan fingerprint density at radius 3 is 2.69 bits per heavy atom. The maximum Gasteiger partial charge on any atom is 0.200 e. The lowest BCUT2D eigenvalue weighted by molar-refractivity contribution is -0.108. The fraction of sp³-hybridized carbons (Fsp3) is 0.500. The third kappa shape index (κ3) is 2.45. The molecule has 1 N–H and O–H groups in total. The molecular weight excluding hydrogens is 172 g/mol. The summed E-state index contributed by atoms with van der Waals surface area (Å²) in [6.45, 7) is -0.187. The summed E-state index contributed by atoms with van der Waals surface area (Å²) in [6.07, 6.45) is 1.05. The van der Waals surface area contributed by atoms with Crippen molar-refractivity contribution in [1.82, 2.24) is 9.97 Å². The summed E-state index contributed by atoms with van der Waals surface area (Å²) < 4.78 is 9.98. The maximum atomic E-state index is 8.78. The lowest BCUT2D eigenvalue weighted by Gasteiger charge is -2.12. The largest absolute Gasteiger partial charge is 0.388 e. The quantitative estimate of drug-likeness (QED) is 0.680. The van der Waals surface area contributed by atoms with Gasteiger partial charge in [-0.1, -0.05) is 0 Å². The van der Waals surface area contributed by atoms with E-state index in [9.17, 15) is 0 Å². The van der Waals surface area contributed by atoms with E-state index in [0.29, 0.717) is 11.5 Å². The molecule has 0 radical (unpaired) electrons. The summed E-state index contributed by atoms with van der Waals surface area (Å²) in [4.78, 5) is 7.86. The van der Waals surface area contributed by atoms with Crippen molar-refractivity contribution in [2.24, 2.45) is 0 Å². The number of hydrogen-bond donors (Lipinski definition) is 1. The third-order valence-electron chi connectivity index (χ3n) is 1.54. The second kappa shape index (κ2) is 4.86. The minimum Gasteiger partial charge on any atom is -0.388 e. The Labute approximate surface area is 76.4 Å². The highest BCUT2D eigenvalue weighted by Crippen LogP contribution is 2.13. The molecule has 1 aromatic heterocycles. The molecule has 0 fully saturated rings. The molecule has 72 valence electrons.